The van der Waals surface area contributed by atoms with Gasteiger partial charge in [-0.3, -0.25) is 24.5 Å². The second-order valence-corrected chi connectivity index (χ2v) is 14.3. The van der Waals surface area contributed by atoms with E-state index in [2.05, 4.69) is 27.8 Å². The number of nitrogens with two attached hydrogens (primary N) is 1. The number of rotatable bonds is 9. The first-order valence-corrected chi connectivity index (χ1v) is 17.5. The Bertz CT molecular complexity index is 1910. The van der Waals surface area contributed by atoms with Crippen LogP contribution in [0.3, 0.4) is 0 Å². The number of carboxylic acids is 2. The number of likely N-dealkylation sites (N-methyl/N-ethyl adjacent to an activating group) is 1. The predicted molar refractivity (Wildman–Crippen MR) is 195 cm³/mol. The summed E-state index contributed by atoms with van der Waals surface area (Å²) >= 11 is 6.34. The maximum Gasteiger partial charge on any atom is 0.334 e. The molecule has 18 nitrogen and oxygen atoms in total. The number of ketones is 1. The monoisotopic (exact) mass is 788 g/mol. The van der Waals surface area contributed by atoms with Crippen molar-refractivity contribution in [2.75, 3.05) is 13.6 Å². The summed E-state index contributed by atoms with van der Waals surface area (Å²) < 4.78 is 6.32. The van der Waals surface area contributed by atoms with E-state index >= 15 is 0 Å². The van der Waals surface area contributed by atoms with Gasteiger partial charge in [0.25, 0.3) is 5.91 Å². The molecule has 8 atom stereocenters. The Kier molecular flexibility index (Phi) is 12.6. The van der Waals surface area contributed by atoms with E-state index in [1.165, 1.54) is 52.1 Å². The molecule has 2 unspecified atom stereocenters. The van der Waals surface area contributed by atoms with Crippen molar-refractivity contribution in [3.63, 3.8) is 0 Å². The highest BCUT2D eigenvalue weighted by Crippen LogP contribution is 2.41. The lowest BCUT2D eigenvalue weighted by molar-refractivity contribution is -0.145. The second kappa shape index (κ2) is 16.3. The van der Waals surface area contributed by atoms with E-state index in [9.17, 15) is 54.3 Å². The van der Waals surface area contributed by atoms with Crippen LogP contribution in [-0.2, 0) is 28.8 Å². The number of Topliss-reactive ketones (excluding diaryl/α,β-unsaturated/α-hetero) is 1. The van der Waals surface area contributed by atoms with Crippen LogP contribution in [-0.4, -0.2) is 121 Å². The molecule has 1 aromatic carbocycles. The van der Waals surface area contributed by atoms with E-state index in [-0.39, 0.29) is 46.1 Å². The fourth-order valence-corrected chi connectivity index (χ4v) is 6.99. The number of hydrogen-bond acceptors (Lipinski definition) is 13. The Balaban J connectivity index is 1.75. The molecule has 11 N–H and O–H groups in total. The Morgan fingerprint density at radius 2 is 1.85 bits per heavy atom. The van der Waals surface area contributed by atoms with Crippen LogP contribution in [0.2, 0.25) is 5.02 Å². The highest BCUT2D eigenvalue weighted by molar-refractivity contribution is 6.32. The average molecular weight is 789 g/mol. The SMILES string of the molecule is C=C(C)[C@@H]1NC(=O)[C@@H](NC)[C@@H](O)c2cc(Cl)c(O)c(c2)O[C@](C)(CC)[C@@H](C(=O)N2CC=C[C@H]2C(=O)NC2=C(C)CC(N)(/C(=C/C(=O)O)C(=O)O)C2=O)NC1O. The second-order valence-electron chi connectivity index (χ2n) is 13.9. The molecule has 55 heavy (non-hydrogen) atoms. The van der Waals surface area contributed by atoms with Crippen LogP contribution in [0.1, 0.15) is 52.2 Å². The molecule has 0 fully saturated rings. The molecule has 4 rings (SSSR count). The summed E-state index contributed by atoms with van der Waals surface area (Å²) in [4.78, 5) is 79.9. The summed E-state index contributed by atoms with van der Waals surface area (Å²) in [5.41, 5.74) is 1.40. The fraction of sp³-hybridized carbons (Fsp3) is 0.444. The lowest BCUT2D eigenvalue weighted by Crippen LogP contribution is -2.66. The first-order valence-electron chi connectivity index (χ1n) is 17.1. The molecule has 0 spiro atoms. The minimum atomic E-state index is -2.31. The Labute approximate surface area is 320 Å². The minimum Gasteiger partial charge on any atom is -0.503 e. The number of carboxylic acid groups (broad SMARTS) is 2. The van der Waals surface area contributed by atoms with Crippen molar-refractivity contribution in [3.8, 4) is 11.5 Å². The smallest absolute Gasteiger partial charge is 0.334 e. The molecule has 0 saturated carbocycles. The Morgan fingerprint density at radius 3 is 2.42 bits per heavy atom. The number of aliphatic hydroxyl groups excluding tert-OH is 2. The van der Waals surface area contributed by atoms with Crippen molar-refractivity contribution in [2.45, 2.75) is 88.2 Å². The summed E-state index contributed by atoms with van der Waals surface area (Å²) in [5, 5.41) is 63.0. The molecule has 3 amide bonds. The summed E-state index contributed by atoms with van der Waals surface area (Å²) in [6.07, 6.45) is -0.493. The lowest BCUT2D eigenvalue weighted by atomic mass is 9.85. The van der Waals surface area contributed by atoms with E-state index in [1.54, 1.807) is 6.92 Å². The van der Waals surface area contributed by atoms with E-state index < -0.39 is 101 Å². The summed E-state index contributed by atoms with van der Waals surface area (Å²) in [7, 11) is 1.42. The first kappa shape index (κ1) is 42.6. The third kappa shape index (κ3) is 8.29. The number of carbonyl (C=O) groups excluding carboxylic acids is 4. The zero-order chi connectivity index (χ0) is 41.3. The van der Waals surface area contributed by atoms with Crippen LogP contribution in [0.15, 0.2) is 59.4 Å². The first-order chi connectivity index (χ1) is 25.6. The lowest BCUT2D eigenvalue weighted by Gasteiger charge is -2.41. The van der Waals surface area contributed by atoms with E-state index in [0.717, 1.165) is 4.90 Å². The van der Waals surface area contributed by atoms with Gasteiger partial charge in [-0.05, 0) is 57.5 Å². The molecule has 0 saturated heterocycles. The van der Waals surface area contributed by atoms with Crippen molar-refractivity contribution in [3.05, 3.63) is 69.9 Å². The standard InChI is InChI=1S/C36H45ClN6O12/c1-7-35(5)28(42-31(50)23(15(2)3)40-32(51)25(39-6)26(46)17-11-19(37)27(47)21(12-17)55-35)33(52)43-10-8-9-20(43)30(49)41-24-16(4)14-36(38,29(24)48)18(34(53)54)13-22(44)45/h8-9,11-13,20,23,25-26,28,31,39,42,46-47,50H,2,7,10,14,38H2,1,3-6H3,(H,40,51)(H,41,49)(H,44,45)(H,53,54)/b18-13+/t20-,23-,25-,26-,28+,31?,35+,36?/m0/s1. The number of phenols is 1. The Morgan fingerprint density at radius 1 is 1.20 bits per heavy atom. The zero-order valence-corrected chi connectivity index (χ0v) is 31.4. The molecule has 2 bridgehead atoms. The van der Waals surface area contributed by atoms with Gasteiger partial charge in [-0.1, -0.05) is 42.8 Å². The normalized spacial score (nSPS) is 30.1. The maximum atomic E-state index is 14.7. The average Bonchev–Trinajstić information content (AvgIpc) is 3.69. The number of phenolic OH excluding ortho intramolecular Hbond substituents is 1. The minimum absolute atomic E-state index is 0.0171. The number of amides is 3. The number of carbonyl (C=O) groups is 6. The van der Waals surface area contributed by atoms with Crippen LogP contribution >= 0.6 is 11.6 Å². The number of fused-ring (bicyclic) bond motifs is 2. The van der Waals surface area contributed by atoms with Gasteiger partial charge >= 0.3 is 11.9 Å². The summed E-state index contributed by atoms with van der Waals surface area (Å²) in [5.74, 6) is -7.77. The molecule has 0 aromatic heterocycles. The molecular formula is C36H45ClN6O12. The number of ether oxygens (including phenoxy) is 1. The molecule has 298 valence electrons. The topological polar surface area (TPSA) is 290 Å². The van der Waals surface area contributed by atoms with Gasteiger partial charge in [0.05, 0.1) is 22.3 Å². The molecule has 3 aliphatic rings. The zero-order valence-electron chi connectivity index (χ0n) is 30.7. The highest BCUT2D eigenvalue weighted by Gasteiger charge is 2.51. The molecule has 1 aromatic rings. The van der Waals surface area contributed by atoms with Crippen molar-refractivity contribution in [2.24, 2.45) is 5.73 Å². The number of nitrogens with zero attached hydrogens (tertiary/aromatic N) is 1. The van der Waals surface area contributed by atoms with Crippen LogP contribution in [0, 0.1) is 0 Å². The van der Waals surface area contributed by atoms with Crippen LogP contribution < -0.4 is 31.7 Å². The van der Waals surface area contributed by atoms with Gasteiger partial charge in [0.1, 0.15) is 41.6 Å². The van der Waals surface area contributed by atoms with Gasteiger partial charge in [-0.15, -0.1) is 0 Å². The Hall–Kier alpha value is -5.11. The van der Waals surface area contributed by atoms with Crippen LogP contribution in [0.4, 0.5) is 0 Å². The number of hydrogen-bond donors (Lipinski definition) is 10. The van der Waals surface area contributed by atoms with Gasteiger partial charge in [0.15, 0.2) is 11.5 Å². The van der Waals surface area contributed by atoms with Crippen molar-refractivity contribution >= 4 is 47.0 Å². The number of aromatic hydroxyl groups is 1. The van der Waals surface area contributed by atoms with Gasteiger partial charge in [-0.2, -0.15) is 0 Å². The molecule has 1 aliphatic carbocycles. The molecule has 0 radical (unpaired) electrons. The third-order valence-electron chi connectivity index (χ3n) is 10.0. The van der Waals surface area contributed by atoms with Crippen LogP contribution in [0.5, 0.6) is 11.5 Å². The quantitative estimate of drug-likeness (QED) is 0.111. The third-order valence-corrected chi connectivity index (χ3v) is 10.3. The number of aliphatic hydroxyl groups is 2. The molecule has 2 heterocycles. The molecular weight excluding hydrogens is 744 g/mol. The van der Waals surface area contributed by atoms with E-state index in [4.69, 9.17) is 22.1 Å². The molecule has 19 heteroatoms. The molecule has 2 aliphatic heterocycles. The van der Waals surface area contributed by atoms with Gasteiger partial charge in [0.2, 0.25) is 17.6 Å². The fourth-order valence-electron chi connectivity index (χ4n) is 6.77. The van der Waals surface area contributed by atoms with Crippen molar-refractivity contribution in [1.29, 1.82) is 0 Å². The highest BCUT2D eigenvalue weighted by atomic mass is 35.5. The van der Waals surface area contributed by atoms with Crippen LogP contribution in [0.25, 0.3) is 0 Å². The van der Waals surface area contributed by atoms with Crippen molar-refractivity contribution < 1.29 is 59.0 Å². The van der Waals surface area contributed by atoms with Gasteiger partial charge in [0, 0.05) is 19.0 Å². The summed E-state index contributed by atoms with van der Waals surface area (Å²) in [6, 6.07) is -2.99. The number of halogens is 1. The number of nitrogens with one attached hydrogen (secondary N) is 4. The van der Waals surface area contributed by atoms with E-state index in [0.29, 0.717) is 6.08 Å². The maximum absolute atomic E-state index is 14.7. The largest absolute Gasteiger partial charge is 0.503 e. The summed E-state index contributed by atoms with van der Waals surface area (Å²) in [6.45, 7) is 9.78. The van der Waals surface area contributed by atoms with Gasteiger partial charge in [-0.25, -0.2) is 9.59 Å². The number of benzene rings is 1. The number of aliphatic carboxylic acids is 2. The van der Waals surface area contributed by atoms with Gasteiger partial charge < -0.3 is 56.9 Å². The predicted octanol–water partition coefficient (Wildman–Crippen LogP) is -0.511. The van der Waals surface area contributed by atoms with Crippen molar-refractivity contribution in [1.82, 2.24) is 26.2 Å². The van der Waals surface area contributed by atoms with E-state index in [1.807, 2.05) is 0 Å².